The Balaban J connectivity index is 2.08. The summed E-state index contributed by atoms with van der Waals surface area (Å²) in [7, 11) is 1.79. The molecule has 0 aromatic rings. The normalized spacial score (nSPS) is 27.9. The van der Waals surface area contributed by atoms with Crippen molar-refractivity contribution in [2.75, 3.05) is 13.6 Å². The van der Waals surface area contributed by atoms with E-state index in [9.17, 15) is 9.59 Å². The van der Waals surface area contributed by atoms with Crippen LogP contribution in [0.2, 0.25) is 0 Å². The third kappa shape index (κ3) is 2.10. The molecule has 0 radical (unpaired) electrons. The first-order chi connectivity index (χ1) is 8.02. The molecule has 2 rings (SSSR count). The van der Waals surface area contributed by atoms with E-state index >= 15 is 0 Å². The number of nitrogens with zero attached hydrogens (tertiary/aromatic N) is 2. The van der Waals surface area contributed by atoms with Crippen LogP contribution >= 0.6 is 0 Å². The second-order valence-corrected chi connectivity index (χ2v) is 5.17. The molecule has 1 saturated carbocycles. The molecule has 2 amide bonds. The largest absolute Gasteiger partial charge is 0.480 e. The molecule has 17 heavy (non-hydrogen) atoms. The molecule has 0 aromatic heterocycles. The molecule has 2 aliphatic rings. The van der Waals surface area contributed by atoms with E-state index in [-0.39, 0.29) is 12.1 Å². The van der Waals surface area contributed by atoms with Gasteiger partial charge in [0.05, 0.1) is 6.04 Å². The smallest absolute Gasteiger partial charge is 0.326 e. The van der Waals surface area contributed by atoms with E-state index in [1.165, 1.54) is 17.7 Å². The molecule has 1 N–H and O–H groups in total. The maximum Gasteiger partial charge on any atom is 0.326 e. The van der Waals surface area contributed by atoms with Crippen LogP contribution in [0.25, 0.3) is 0 Å². The van der Waals surface area contributed by atoms with Crippen LogP contribution in [-0.4, -0.2) is 52.6 Å². The van der Waals surface area contributed by atoms with Crippen LogP contribution in [0.15, 0.2) is 0 Å². The summed E-state index contributed by atoms with van der Waals surface area (Å²) in [4.78, 5) is 26.2. The molecular formula is C12H20N2O3. The van der Waals surface area contributed by atoms with Gasteiger partial charge in [-0.05, 0) is 25.7 Å². The quantitative estimate of drug-likeness (QED) is 0.810. The van der Waals surface area contributed by atoms with Crippen LogP contribution in [0, 0.1) is 5.92 Å². The third-order valence-electron chi connectivity index (χ3n) is 4.20. The highest BCUT2D eigenvalue weighted by Crippen LogP contribution is 2.33. The molecule has 5 heteroatoms. The molecule has 1 saturated heterocycles. The highest BCUT2D eigenvalue weighted by atomic mass is 16.4. The van der Waals surface area contributed by atoms with Gasteiger partial charge in [-0.1, -0.05) is 12.8 Å². The minimum absolute atomic E-state index is 0.142. The Labute approximate surface area is 101 Å². The van der Waals surface area contributed by atoms with Crippen LogP contribution in [0.3, 0.4) is 0 Å². The Bertz CT molecular complexity index is 326. The van der Waals surface area contributed by atoms with E-state index in [4.69, 9.17) is 5.11 Å². The summed E-state index contributed by atoms with van der Waals surface area (Å²) in [6.45, 7) is 2.14. The van der Waals surface area contributed by atoms with E-state index < -0.39 is 12.0 Å². The van der Waals surface area contributed by atoms with Crippen molar-refractivity contribution in [3.8, 4) is 0 Å². The highest BCUT2D eigenvalue weighted by molar-refractivity contribution is 5.84. The van der Waals surface area contributed by atoms with Crippen molar-refractivity contribution in [1.82, 2.24) is 9.80 Å². The second-order valence-electron chi connectivity index (χ2n) is 5.17. The van der Waals surface area contributed by atoms with Gasteiger partial charge in [-0.15, -0.1) is 0 Å². The molecule has 2 atom stereocenters. The van der Waals surface area contributed by atoms with Crippen LogP contribution in [0.4, 0.5) is 4.79 Å². The molecule has 0 bridgehead atoms. The number of urea groups is 1. The lowest BCUT2D eigenvalue weighted by atomic mass is 9.98. The van der Waals surface area contributed by atoms with Crippen molar-refractivity contribution in [3.05, 3.63) is 0 Å². The number of rotatable bonds is 3. The van der Waals surface area contributed by atoms with Gasteiger partial charge in [0.2, 0.25) is 0 Å². The molecule has 1 aliphatic heterocycles. The molecule has 1 aliphatic carbocycles. The van der Waals surface area contributed by atoms with Crippen molar-refractivity contribution in [3.63, 3.8) is 0 Å². The molecule has 0 aromatic carbocycles. The lowest BCUT2D eigenvalue weighted by molar-refractivity contribution is -0.141. The predicted octanol–water partition coefficient (Wildman–Crippen LogP) is 1.39. The topological polar surface area (TPSA) is 60.9 Å². The Hall–Kier alpha value is -1.26. The first kappa shape index (κ1) is 12.2. The SMILES string of the molecule is CC(C(=O)O)N1CC(C2CCCC2)N(C)C1=O. The van der Waals surface area contributed by atoms with Crippen LogP contribution in [-0.2, 0) is 4.79 Å². The molecule has 2 unspecified atom stereocenters. The molecule has 96 valence electrons. The highest BCUT2D eigenvalue weighted by Gasteiger charge is 2.43. The zero-order chi connectivity index (χ0) is 12.6. The summed E-state index contributed by atoms with van der Waals surface area (Å²) in [6.07, 6.45) is 4.80. The van der Waals surface area contributed by atoms with Crippen molar-refractivity contribution in [2.45, 2.75) is 44.7 Å². The summed E-state index contributed by atoms with van der Waals surface area (Å²) in [6, 6.07) is -0.667. The lowest BCUT2D eigenvalue weighted by Gasteiger charge is -2.23. The van der Waals surface area contributed by atoms with Crippen molar-refractivity contribution >= 4 is 12.0 Å². The fraction of sp³-hybridized carbons (Fsp3) is 0.833. The Morgan fingerprint density at radius 3 is 2.53 bits per heavy atom. The van der Waals surface area contributed by atoms with Gasteiger partial charge in [0.25, 0.3) is 0 Å². The summed E-state index contributed by atoms with van der Waals surface area (Å²) in [5.74, 6) is -0.381. The maximum absolute atomic E-state index is 12.0. The van der Waals surface area contributed by atoms with Gasteiger partial charge in [-0.3, -0.25) is 0 Å². The van der Waals surface area contributed by atoms with E-state index in [0.717, 1.165) is 12.8 Å². The van der Waals surface area contributed by atoms with E-state index in [2.05, 4.69) is 0 Å². The standard InChI is InChI=1S/C12H20N2O3/c1-8(11(15)16)14-7-10(13(2)12(14)17)9-5-3-4-6-9/h8-10H,3-7H2,1-2H3,(H,15,16). The Morgan fingerprint density at radius 2 is 2.00 bits per heavy atom. The first-order valence-corrected chi connectivity index (χ1v) is 6.28. The first-order valence-electron chi connectivity index (χ1n) is 6.28. The molecular weight excluding hydrogens is 220 g/mol. The number of aliphatic carboxylic acids is 1. The summed E-state index contributed by atoms with van der Waals surface area (Å²) >= 11 is 0. The third-order valence-corrected chi connectivity index (χ3v) is 4.20. The zero-order valence-electron chi connectivity index (χ0n) is 10.4. The average Bonchev–Trinajstić information content (AvgIpc) is 2.89. The summed E-state index contributed by atoms with van der Waals surface area (Å²) in [5.41, 5.74) is 0. The minimum atomic E-state index is -0.932. The monoisotopic (exact) mass is 240 g/mol. The molecule has 0 spiro atoms. The van der Waals surface area contributed by atoms with Gasteiger partial charge in [-0.2, -0.15) is 0 Å². The van der Waals surface area contributed by atoms with Gasteiger partial charge in [0.15, 0.2) is 0 Å². The number of likely N-dealkylation sites (N-methyl/N-ethyl adjacent to an activating group) is 1. The Kier molecular flexibility index (Phi) is 3.26. The number of hydrogen-bond donors (Lipinski definition) is 1. The van der Waals surface area contributed by atoms with Gasteiger partial charge in [0, 0.05) is 13.6 Å². The van der Waals surface area contributed by atoms with Gasteiger partial charge in [-0.25, -0.2) is 9.59 Å². The molecule has 5 nitrogen and oxygen atoms in total. The van der Waals surface area contributed by atoms with Crippen LogP contribution in [0.1, 0.15) is 32.6 Å². The van der Waals surface area contributed by atoms with Crippen LogP contribution < -0.4 is 0 Å². The molecule has 2 fully saturated rings. The number of carbonyl (C=O) groups excluding carboxylic acids is 1. The van der Waals surface area contributed by atoms with Gasteiger partial charge in [0.1, 0.15) is 6.04 Å². The van der Waals surface area contributed by atoms with E-state index in [0.29, 0.717) is 12.5 Å². The number of carboxylic acid groups (broad SMARTS) is 1. The molecule has 1 heterocycles. The van der Waals surface area contributed by atoms with Crippen molar-refractivity contribution in [2.24, 2.45) is 5.92 Å². The lowest BCUT2D eigenvalue weighted by Crippen LogP contribution is -2.41. The maximum atomic E-state index is 12.0. The van der Waals surface area contributed by atoms with Crippen molar-refractivity contribution in [1.29, 1.82) is 0 Å². The predicted molar refractivity (Wildman–Crippen MR) is 62.7 cm³/mol. The summed E-state index contributed by atoms with van der Waals surface area (Å²) < 4.78 is 0. The van der Waals surface area contributed by atoms with Gasteiger partial charge < -0.3 is 14.9 Å². The van der Waals surface area contributed by atoms with E-state index in [1.54, 1.807) is 18.9 Å². The van der Waals surface area contributed by atoms with Gasteiger partial charge >= 0.3 is 12.0 Å². The second kappa shape index (κ2) is 4.55. The number of carboxylic acids is 1. The van der Waals surface area contributed by atoms with Crippen LogP contribution in [0.5, 0.6) is 0 Å². The Morgan fingerprint density at radius 1 is 1.41 bits per heavy atom. The number of hydrogen-bond acceptors (Lipinski definition) is 2. The zero-order valence-corrected chi connectivity index (χ0v) is 10.4. The summed E-state index contributed by atoms with van der Waals surface area (Å²) in [5, 5.41) is 8.99. The average molecular weight is 240 g/mol. The number of carbonyl (C=O) groups is 2. The fourth-order valence-corrected chi connectivity index (χ4v) is 3.01. The number of amides is 2. The van der Waals surface area contributed by atoms with E-state index in [1.807, 2.05) is 0 Å². The fourth-order valence-electron chi connectivity index (χ4n) is 3.01. The van der Waals surface area contributed by atoms with Crippen molar-refractivity contribution < 1.29 is 14.7 Å². The minimum Gasteiger partial charge on any atom is -0.480 e.